The van der Waals surface area contributed by atoms with Gasteiger partial charge in [0.1, 0.15) is 18.2 Å². The topological polar surface area (TPSA) is 58.6 Å². The lowest BCUT2D eigenvalue weighted by molar-refractivity contribution is -0.131. The number of rotatable bonds is 7. The number of nitrogens with one attached hydrogen (secondary N) is 1. The van der Waals surface area contributed by atoms with Crippen LogP contribution in [0.4, 0.5) is 4.39 Å². The molecule has 1 aliphatic heterocycles. The molecule has 1 saturated heterocycles. The molecule has 2 aromatic rings. The number of carbonyl (C=O) groups excluding carboxylic acids is 2. The van der Waals surface area contributed by atoms with Crippen molar-refractivity contribution in [1.82, 2.24) is 10.2 Å². The van der Waals surface area contributed by atoms with Crippen molar-refractivity contribution in [2.45, 2.75) is 45.2 Å². The molecule has 3 rings (SSSR count). The van der Waals surface area contributed by atoms with Crippen LogP contribution in [0.5, 0.6) is 5.75 Å². The molecule has 29 heavy (non-hydrogen) atoms. The zero-order valence-electron chi connectivity index (χ0n) is 16.9. The summed E-state index contributed by atoms with van der Waals surface area (Å²) in [6.45, 7) is 4.86. The summed E-state index contributed by atoms with van der Waals surface area (Å²) in [5, 5.41) is 2.85. The van der Waals surface area contributed by atoms with Gasteiger partial charge in [0.25, 0.3) is 5.91 Å². The van der Waals surface area contributed by atoms with E-state index in [1.165, 1.54) is 6.07 Å². The average Bonchev–Trinajstić information content (AvgIpc) is 3.17. The van der Waals surface area contributed by atoms with Gasteiger partial charge in [0.05, 0.1) is 12.5 Å². The van der Waals surface area contributed by atoms with Gasteiger partial charge in [-0.25, -0.2) is 4.39 Å². The minimum absolute atomic E-state index is 0.0295. The molecular weight excluding hydrogens is 371 g/mol. The van der Waals surface area contributed by atoms with Crippen LogP contribution in [-0.2, 0) is 11.2 Å². The second-order valence-corrected chi connectivity index (χ2v) is 7.61. The van der Waals surface area contributed by atoms with E-state index in [1.54, 1.807) is 47.4 Å². The summed E-state index contributed by atoms with van der Waals surface area (Å²) < 4.78 is 19.7. The van der Waals surface area contributed by atoms with Crippen LogP contribution in [0.1, 0.15) is 42.6 Å². The maximum atomic E-state index is 13.8. The van der Waals surface area contributed by atoms with Crippen molar-refractivity contribution >= 4 is 11.8 Å². The van der Waals surface area contributed by atoms with E-state index in [1.807, 2.05) is 13.8 Å². The van der Waals surface area contributed by atoms with E-state index in [9.17, 15) is 14.0 Å². The number of ether oxygens (including phenoxy) is 1. The Bertz CT molecular complexity index is 851. The molecule has 0 unspecified atom stereocenters. The summed E-state index contributed by atoms with van der Waals surface area (Å²) in [5.74, 6) is 0.100. The van der Waals surface area contributed by atoms with E-state index >= 15 is 0 Å². The van der Waals surface area contributed by atoms with Crippen molar-refractivity contribution in [3.05, 3.63) is 65.5 Å². The fourth-order valence-electron chi connectivity index (χ4n) is 3.48. The van der Waals surface area contributed by atoms with Gasteiger partial charge in [0.2, 0.25) is 5.91 Å². The zero-order valence-corrected chi connectivity index (χ0v) is 16.9. The zero-order chi connectivity index (χ0) is 20.8. The lowest BCUT2D eigenvalue weighted by atomic mass is 10.1. The van der Waals surface area contributed by atoms with Crippen molar-refractivity contribution in [1.29, 1.82) is 0 Å². The van der Waals surface area contributed by atoms with E-state index < -0.39 is 0 Å². The van der Waals surface area contributed by atoms with Crippen LogP contribution in [0.15, 0.2) is 48.5 Å². The van der Waals surface area contributed by atoms with Gasteiger partial charge < -0.3 is 15.0 Å². The van der Waals surface area contributed by atoms with E-state index in [0.29, 0.717) is 30.0 Å². The van der Waals surface area contributed by atoms with Gasteiger partial charge in [-0.2, -0.15) is 0 Å². The summed E-state index contributed by atoms with van der Waals surface area (Å²) in [6.07, 6.45) is 1.83. The molecule has 0 radical (unpaired) electrons. The van der Waals surface area contributed by atoms with Crippen molar-refractivity contribution in [2.24, 2.45) is 0 Å². The molecule has 1 N–H and O–H groups in total. The molecule has 0 spiro atoms. The third-order valence-corrected chi connectivity index (χ3v) is 4.98. The Morgan fingerprint density at radius 1 is 1.17 bits per heavy atom. The molecule has 2 aromatic carbocycles. The van der Waals surface area contributed by atoms with Crippen molar-refractivity contribution in [3.63, 3.8) is 0 Å². The van der Waals surface area contributed by atoms with E-state index in [2.05, 4.69) is 5.32 Å². The fraction of sp³-hybridized carbons (Fsp3) is 0.391. The van der Waals surface area contributed by atoms with Gasteiger partial charge >= 0.3 is 0 Å². The molecule has 0 bridgehead atoms. The standard InChI is InChI=1S/C23H27FN2O3/c1-16(2)25-23(28)17-9-11-20(12-10-17)29-15-19-7-5-13-26(19)22(27)14-18-6-3-4-8-21(18)24/h3-4,6,8-12,16,19H,5,7,13-15H2,1-2H3,(H,25,28)/t19-/m0/s1. The monoisotopic (exact) mass is 398 g/mol. The quantitative estimate of drug-likeness (QED) is 0.776. The SMILES string of the molecule is CC(C)NC(=O)c1ccc(OC[C@@H]2CCCN2C(=O)Cc2ccccc2F)cc1. The molecule has 1 atom stereocenters. The molecule has 0 saturated carbocycles. The maximum absolute atomic E-state index is 13.8. The molecule has 2 amide bonds. The second-order valence-electron chi connectivity index (χ2n) is 7.61. The number of amides is 2. The Morgan fingerprint density at radius 2 is 1.90 bits per heavy atom. The molecule has 1 aliphatic rings. The first-order valence-corrected chi connectivity index (χ1v) is 10.0. The summed E-state index contributed by atoms with van der Waals surface area (Å²) >= 11 is 0. The Balaban J connectivity index is 1.55. The second kappa shape index (κ2) is 9.54. The minimum atomic E-state index is -0.352. The molecule has 1 heterocycles. The van der Waals surface area contributed by atoms with E-state index in [0.717, 1.165) is 12.8 Å². The lowest BCUT2D eigenvalue weighted by Gasteiger charge is -2.25. The van der Waals surface area contributed by atoms with Gasteiger partial charge in [-0.15, -0.1) is 0 Å². The predicted molar refractivity (Wildman–Crippen MR) is 109 cm³/mol. The van der Waals surface area contributed by atoms with Crippen molar-refractivity contribution in [3.8, 4) is 5.75 Å². The normalized spacial score (nSPS) is 16.1. The number of hydrogen-bond acceptors (Lipinski definition) is 3. The van der Waals surface area contributed by atoms with Gasteiger partial charge in [-0.1, -0.05) is 18.2 Å². The maximum Gasteiger partial charge on any atom is 0.251 e. The third-order valence-electron chi connectivity index (χ3n) is 4.98. The molecule has 0 aliphatic carbocycles. The van der Waals surface area contributed by atoms with Crippen molar-refractivity contribution in [2.75, 3.05) is 13.2 Å². The van der Waals surface area contributed by atoms with Crippen LogP contribution in [0.3, 0.4) is 0 Å². The number of benzene rings is 2. The number of carbonyl (C=O) groups is 2. The number of nitrogens with zero attached hydrogens (tertiary/aromatic N) is 1. The first-order valence-electron chi connectivity index (χ1n) is 10.0. The highest BCUT2D eigenvalue weighted by molar-refractivity contribution is 5.94. The molecular formula is C23H27FN2O3. The van der Waals surface area contributed by atoms with Crippen LogP contribution >= 0.6 is 0 Å². The number of halogens is 1. The summed E-state index contributed by atoms with van der Waals surface area (Å²) in [4.78, 5) is 26.4. The first kappa shape index (κ1) is 20.8. The predicted octanol–water partition coefficient (Wildman–Crippen LogP) is 3.58. The largest absolute Gasteiger partial charge is 0.491 e. The minimum Gasteiger partial charge on any atom is -0.491 e. The molecule has 154 valence electrons. The van der Waals surface area contributed by atoms with Crippen LogP contribution in [0.25, 0.3) is 0 Å². The van der Waals surface area contributed by atoms with Gasteiger partial charge in [-0.3, -0.25) is 9.59 Å². The average molecular weight is 398 g/mol. The molecule has 5 nitrogen and oxygen atoms in total. The molecule has 6 heteroatoms. The highest BCUT2D eigenvalue weighted by Gasteiger charge is 2.29. The first-order chi connectivity index (χ1) is 13.9. The highest BCUT2D eigenvalue weighted by Crippen LogP contribution is 2.21. The van der Waals surface area contributed by atoms with E-state index in [4.69, 9.17) is 4.74 Å². The van der Waals surface area contributed by atoms with Crippen LogP contribution in [0, 0.1) is 5.82 Å². The van der Waals surface area contributed by atoms with E-state index in [-0.39, 0.29) is 36.1 Å². The van der Waals surface area contributed by atoms with Crippen molar-refractivity contribution < 1.29 is 18.7 Å². The Kier molecular flexibility index (Phi) is 6.86. The molecule has 1 fully saturated rings. The lowest BCUT2D eigenvalue weighted by Crippen LogP contribution is -2.40. The third kappa shape index (κ3) is 5.56. The van der Waals surface area contributed by atoms with Crippen LogP contribution < -0.4 is 10.1 Å². The number of likely N-dealkylation sites (tertiary alicyclic amines) is 1. The Hall–Kier alpha value is -2.89. The number of hydrogen-bond donors (Lipinski definition) is 1. The van der Waals surface area contributed by atoms with Gasteiger partial charge in [0, 0.05) is 18.2 Å². The van der Waals surface area contributed by atoms with Gasteiger partial charge in [-0.05, 0) is 62.6 Å². The Labute approximate surface area is 170 Å². The molecule has 0 aromatic heterocycles. The summed E-state index contributed by atoms with van der Waals surface area (Å²) in [6, 6.07) is 13.4. The fourth-order valence-corrected chi connectivity index (χ4v) is 3.48. The van der Waals surface area contributed by atoms with Crippen LogP contribution in [0.2, 0.25) is 0 Å². The van der Waals surface area contributed by atoms with Crippen LogP contribution in [-0.4, -0.2) is 41.9 Å². The summed E-state index contributed by atoms with van der Waals surface area (Å²) in [7, 11) is 0. The smallest absolute Gasteiger partial charge is 0.251 e. The summed E-state index contributed by atoms with van der Waals surface area (Å²) in [5.41, 5.74) is 0.993. The highest BCUT2D eigenvalue weighted by atomic mass is 19.1. The van der Waals surface area contributed by atoms with Gasteiger partial charge in [0.15, 0.2) is 0 Å². The Morgan fingerprint density at radius 3 is 2.59 bits per heavy atom.